The molecule has 0 bridgehead atoms. The number of amides is 1. The molecule has 2 atom stereocenters. The molecule has 134 valence electrons. The summed E-state index contributed by atoms with van der Waals surface area (Å²) in [4.78, 5) is 14.8. The molecule has 1 saturated heterocycles. The molecule has 6 nitrogen and oxygen atoms in total. The van der Waals surface area contributed by atoms with Crippen LogP contribution < -0.4 is 5.73 Å². The van der Waals surface area contributed by atoms with Gasteiger partial charge in [-0.05, 0) is 55.5 Å². The second kappa shape index (κ2) is 6.82. The fourth-order valence-corrected chi connectivity index (χ4v) is 4.32. The van der Waals surface area contributed by atoms with Crippen molar-refractivity contribution in [1.29, 1.82) is 0 Å². The van der Waals surface area contributed by atoms with E-state index < -0.39 is 10.0 Å². The lowest BCUT2D eigenvalue weighted by molar-refractivity contribution is 0.0784. The van der Waals surface area contributed by atoms with Gasteiger partial charge in [0.2, 0.25) is 10.0 Å². The van der Waals surface area contributed by atoms with Crippen LogP contribution in [-0.4, -0.2) is 57.3 Å². The molecule has 0 aliphatic carbocycles. The van der Waals surface area contributed by atoms with E-state index in [1.807, 2.05) is 6.92 Å². The minimum absolute atomic E-state index is 0.129. The Hall–Kier alpha value is -1.44. The second-order valence-electron chi connectivity index (χ2n) is 6.89. The first-order chi connectivity index (χ1) is 11.1. The highest BCUT2D eigenvalue weighted by atomic mass is 32.2. The first-order valence-corrected chi connectivity index (χ1v) is 9.56. The molecule has 2 rings (SSSR count). The van der Waals surface area contributed by atoms with Gasteiger partial charge >= 0.3 is 0 Å². The van der Waals surface area contributed by atoms with Crippen LogP contribution >= 0.6 is 0 Å². The summed E-state index contributed by atoms with van der Waals surface area (Å²) >= 11 is 0. The molecule has 1 aromatic rings. The summed E-state index contributed by atoms with van der Waals surface area (Å²) < 4.78 is 26.2. The summed E-state index contributed by atoms with van der Waals surface area (Å²) in [6, 6.07) is 3.27. The van der Waals surface area contributed by atoms with Crippen molar-refractivity contribution in [3.63, 3.8) is 0 Å². The first kappa shape index (κ1) is 18.9. The lowest BCUT2D eigenvalue weighted by atomic mass is 9.99. The highest BCUT2D eigenvalue weighted by Gasteiger charge is 2.32. The molecular formula is C17H27N3O3S. The van der Waals surface area contributed by atoms with Crippen molar-refractivity contribution >= 4 is 15.9 Å². The third-order valence-corrected chi connectivity index (χ3v) is 6.92. The minimum atomic E-state index is -3.59. The van der Waals surface area contributed by atoms with Gasteiger partial charge in [-0.2, -0.15) is 0 Å². The Morgan fingerprint density at radius 3 is 2.42 bits per heavy atom. The lowest BCUT2D eigenvalue weighted by Crippen LogP contribution is -2.30. The average molecular weight is 353 g/mol. The monoisotopic (exact) mass is 353 g/mol. The molecule has 1 fully saturated rings. The number of rotatable bonds is 4. The Balaban J connectivity index is 2.42. The Morgan fingerprint density at radius 2 is 1.92 bits per heavy atom. The standard InChI is InChI=1S/C17H27N3O3S/c1-11-6-14(7-16(13(11)3)24(22,23)19(4)5)17(21)20-9-12(2)15(8-18)10-20/h6-7,12,15H,8-10,18H2,1-5H3/t12-,15-/m1/s1. The van der Waals surface area contributed by atoms with Crippen LogP contribution in [-0.2, 0) is 10.0 Å². The van der Waals surface area contributed by atoms with E-state index in [1.165, 1.54) is 24.5 Å². The number of carbonyl (C=O) groups excluding carboxylic acids is 1. The second-order valence-corrected chi connectivity index (χ2v) is 9.01. The first-order valence-electron chi connectivity index (χ1n) is 8.12. The van der Waals surface area contributed by atoms with E-state index >= 15 is 0 Å². The van der Waals surface area contributed by atoms with Gasteiger partial charge in [0.1, 0.15) is 0 Å². The van der Waals surface area contributed by atoms with Gasteiger partial charge in [0, 0.05) is 32.7 Å². The van der Waals surface area contributed by atoms with Gasteiger partial charge in [-0.15, -0.1) is 0 Å². The summed E-state index contributed by atoms with van der Waals surface area (Å²) in [6.45, 7) is 7.52. The SMILES string of the molecule is Cc1cc(C(=O)N2C[C@@H](CN)[C@H](C)C2)cc(S(=O)(=O)N(C)C)c1C. The molecule has 7 heteroatoms. The van der Waals surface area contributed by atoms with Crippen LogP contribution in [0.25, 0.3) is 0 Å². The smallest absolute Gasteiger partial charge is 0.253 e. The van der Waals surface area contributed by atoms with Gasteiger partial charge in [-0.1, -0.05) is 6.92 Å². The Labute approximate surface area is 144 Å². The third-order valence-electron chi connectivity index (χ3n) is 4.98. The van der Waals surface area contributed by atoms with Crippen LogP contribution in [0.5, 0.6) is 0 Å². The van der Waals surface area contributed by atoms with Crippen molar-refractivity contribution in [3.05, 3.63) is 28.8 Å². The Bertz CT molecular complexity index is 744. The molecule has 0 radical (unpaired) electrons. The van der Waals surface area contributed by atoms with Gasteiger partial charge in [-0.25, -0.2) is 12.7 Å². The number of nitrogens with two attached hydrogens (primary N) is 1. The summed E-state index contributed by atoms with van der Waals surface area (Å²) in [5, 5.41) is 0. The highest BCUT2D eigenvalue weighted by Crippen LogP contribution is 2.27. The maximum Gasteiger partial charge on any atom is 0.253 e. The van der Waals surface area contributed by atoms with Gasteiger partial charge < -0.3 is 10.6 Å². The van der Waals surface area contributed by atoms with E-state index in [1.54, 1.807) is 17.9 Å². The van der Waals surface area contributed by atoms with Crippen LogP contribution in [0.4, 0.5) is 0 Å². The summed E-state index contributed by atoms with van der Waals surface area (Å²) in [7, 11) is -0.608. The molecule has 0 spiro atoms. The molecule has 1 aromatic carbocycles. The van der Waals surface area contributed by atoms with Gasteiger partial charge in [-0.3, -0.25) is 4.79 Å². The van der Waals surface area contributed by atoms with Crippen molar-refractivity contribution in [2.75, 3.05) is 33.7 Å². The van der Waals surface area contributed by atoms with Crippen molar-refractivity contribution in [2.24, 2.45) is 17.6 Å². The Morgan fingerprint density at radius 1 is 1.29 bits per heavy atom. The largest absolute Gasteiger partial charge is 0.338 e. The molecule has 24 heavy (non-hydrogen) atoms. The lowest BCUT2D eigenvalue weighted by Gasteiger charge is -2.20. The fraction of sp³-hybridized carbons (Fsp3) is 0.588. The van der Waals surface area contributed by atoms with E-state index in [0.29, 0.717) is 42.6 Å². The van der Waals surface area contributed by atoms with Crippen LogP contribution in [0.3, 0.4) is 0 Å². The zero-order chi connectivity index (χ0) is 18.2. The van der Waals surface area contributed by atoms with E-state index in [0.717, 1.165) is 5.56 Å². The molecule has 1 amide bonds. The molecule has 0 unspecified atom stereocenters. The average Bonchev–Trinajstić information content (AvgIpc) is 2.89. The third kappa shape index (κ3) is 3.34. The van der Waals surface area contributed by atoms with Gasteiger partial charge in [0.15, 0.2) is 0 Å². The predicted octanol–water partition coefficient (Wildman–Crippen LogP) is 1.22. The molecule has 1 heterocycles. The van der Waals surface area contributed by atoms with Crippen LogP contribution in [0.1, 0.15) is 28.4 Å². The number of hydrogen-bond donors (Lipinski definition) is 1. The van der Waals surface area contributed by atoms with Crippen LogP contribution in [0, 0.1) is 25.7 Å². The van der Waals surface area contributed by atoms with E-state index in [-0.39, 0.29) is 10.8 Å². The summed E-state index contributed by atoms with van der Waals surface area (Å²) in [5.74, 6) is 0.525. The van der Waals surface area contributed by atoms with E-state index in [4.69, 9.17) is 5.73 Å². The molecule has 1 aliphatic heterocycles. The number of likely N-dealkylation sites (tertiary alicyclic amines) is 1. The van der Waals surface area contributed by atoms with Crippen molar-refractivity contribution in [1.82, 2.24) is 9.21 Å². The molecule has 1 aliphatic rings. The minimum Gasteiger partial charge on any atom is -0.338 e. The summed E-state index contributed by atoms with van der Waals surface area (Å²) in [6.07, 6.45) is 0. The zero-order valence-corrected chi connectivity index (χ0v) is 15.9. The quantitative estimate of drug-likeness (QED) is 0.882. The number of carbonyl (C=O) groups is 1. The molecule has 2 N–H and O–H groups in total. The number of hydrogen-bond acceptors (Lipinski definition) is 4. The highest BCUT2D eigenvalue weighted by molar-refractivity contribution is 7.89. The molecule has 0 saturated carbocycles. The maximum absolute atomic E-state index is 12.8. The maximum atomic E-state index is 12.8. The normalized spacial score (nSPS) is 21.5. The number of sulfonamides is 1. The van der Waals surface area contributed by atoms with Crippen molar-refractivity contribution in [2.45, 2.75) is 25.7 Å². The van der Waals surface area contributed by atoms with Crippen LogP contribution in [0.15, 0.2) is 17.0 Å². The van der Waals surface area contributed by atoms with E-state index in [2.05, 4.69) is 6.92 Å². The number of nitrogens with zero attached hydrogens (tertiary/aromatic N) is 2. The van der Waals surface area contributed by atoms with E-state index in [9.17, 15) is 13.2 Å². The predicted molar refractivity (Wildman–Crippen MR) is 94.4 cm³/mol. The topological polar surface area (TPSA) is 83.7 Å². The number of aryl methyl sites for hydroxylation is 1. The van der Waals surface area contributed by atoms with Crippen molar-refractivity contribution in [3.8, 4) is 0 Å². The Kier molecular flexibility index (Phi) is 5.37. The van der Waals surface area contributed by atoms with Gasteiger partial charge in [0.05, 0.1) is 4.90 Å². The zero-order valence-electron chi connectivity index (χ0n) is 15.0. The van der Waals surface area contributed by atoms with Crippen molar-refractivity contribution < 1.29 is 13.2 Å². The number of benzene rings is 1. The summed E-state index contributed by atoms with van der Waals surface area (Å²) in [5.41, 5.74) is 7.65. The van der Waals surface area contributed by atoms with Crippen LogP contribution in [0.2, 0.25) is 0 Å². The van der Waals surface area contributed by atoms with Gasteiger partial charge in [0.25, 0.3) is 5.91 Å². The molecular weight excluding hydrogens is 326 g/mol. The fourth-order valence-electron chi connectivity index (χ4n) is 3.10. The molecule has 0 aromatic heterocycles.